The molecule has 0 saturated heterocycles. The van der Waals surface area contributed by atoms with Crippen molar-refractivity contribution in [3.63, 3.8) is 0 Å². The highest BCUT2D eigenvalue weighted by atomic mass is 16.5. The number of methoxy groups -OCH3 is 2. The predicted octanol–water partition coefficient (Wildman–Crippen LogP) is 2.10. The molecule has 1 heterocycles. The number of nitrogens with one attached hydrogen (secondary N) is 1. The Hall–Kier alpha value is -4.21. The van der Waals surface area contributed by atoms with Crippen molar-refractivity contribution in [2.45, 2.75) is 0 Å². The lowest BCUT2D eigenvalue weighted by Crippen LogP contribution is -2.16. The van der Waals surface area contributed by atoms with Crippen molar-refractivity contribution in [1.82, 2.24) is 20.2 Å². The standard InChI is InChI=1S/C19H17N5O5/c1-27-17(25)12-15(18(26)28-2)20-14-10-6-7-11-16(14)29-19-21-22-23-24(19)13-8-4-3-5-9-13/h3-12,20H,1-2H3/b15-12+. The van der Waals surface area contributed by atoms with Crippen LogP contribution in [0.5, 0.6) is 11.8 Å². The number of ether oxygens (including phenoxy) is 3. The van der Waals surface area contributed by atoms with E-state index >= 15 is 0 Å². The number of hydrogen-bond donors (Lipinski definition) is 1. The fourth-order valence-electron chi connectivity index (χ4n) is 2.31. The summed E-state index contributed by atoms with van der Waals surface area (Å²) in [5.74, 6) is -1.15. The molecule has 0 radical (unpaired) electrons. The Morgan fingerprint density at radius 2 is 1.72 bits per heavy atom. The number of tetrazole rings is 1. The van der Waals surface area contributed by atoms with Crippen molar-refractivity contribution < 1.29 is 23.8 Å². The summed E-state index contributed by atoms with van der Waals surface area (Å²) < 4.78 is 16.5. The SMILES string of the molecule is COC(=O)/C=C(/Nc1ccccc1Oc1nnnn1-c1ccccc1)C(=O)OC. The molecule has 0 bridgehead atoms. The lowest BCUT2D eigenvalue weighted by molar-refractivity contribution is -0.138. The topological polar surface area (TPSA) is 117 Å². The molecular weight excluding hydrogens is 378 g/mol. The Bertz CT molecular complexity index is 1030. The number of anilines is 1. The number of benzene rings is 2. The van der Waals surface area contributed by atoms with Gasteiger partial charge in [0.1, 0.15) is 5.70 Å². The number of rotatable bonds is 7. The van der Waals surface area contributed by atoms with E-state index in [2.05, 4.69) is 25.6 Å². The maximum Gasteiger partial charge on any atom is 0.354 e. The van der Waals surface area contributed by atoms with E-state index in [1.54, 1.807) is 24.3 Å². The van der Waals surface area contributed by atoms with Gasteiger partial charge in [-0.3, -0.25) is 0 Å². The molecule has 3 rings (SSSR count). The third kappa shape index (κ3) is 4.75. The molecule has 0 aliphatic carbocycles. The summed E-state index contributed by atoms with van der Waals surface area (Å²) in [4.78, 5) is 23.6. The number of nitrogens with zero attached hydrogens (tertiary/aromatic N) is 4. The van der Waals surface area contributed by atoms with Crippen LogP contribution in [0.15, 0.2) is 66.4 Å². The molecule has 0 saturated carbocycles. The normalized spacial score (nSPS) is 10.9. The summed E-state index contributed by atoms with van der Waals surface area (Å²) in [5.41, 5.74) is 0.965. The molecule has 0 spiro atoms. The van der Waals surface area contributed by atoms with E-state index in [1.165, 1.54) is 18.9 Å². The van der Waals surface area contributed by atoms with Crippen LogP contribution >= 0.6 is 0 Å². The lowest BCUT2D eigenvalue weighted by Gasteiger charge is -2.13. The Kier molecular flexibility index (Phi) is 6.15. The molecule has 3 aromatic rings. The summed E-state index contributed by atoms with van der Waals surface area (Å²) in [7, 11) is 2.40. The molecule has 0 aliphatic rings. The minimum Gasteiger partial charge on any atom is -0.466 e. The summed E-state index contributed by atoms with van der Waals surface area (Å²) in [6.07, 6.45) is 0.983. The Morgan fingerprint density at radius 1 is 1.00 bits per heavy atom. The average molecular weight is 395 g/mol. The largest absolute Gasteiger partial charge is 0.466 e. The predicted molar refractivity (Wildman–Crippen MR) is 101 cm³/mol. The molecule has 0 unspecified atom stereocenters. The van der Waals surface area contributed by atoms with E-state index < -0.39 is 11.9 Å². The molecule has 0 amide bonds. The molecule has 29 heavy (non-hydrogen) atoms. The number of carbonyl (C=O) groups excluding carboxylic acids is 2. The van der Waals surface area contributed by atoms with Gasteiger partial charge in [0, 0.05) is 0 Å². The molecule has 0 aliphatic heterocycles. The maximum absolute atomic E-state index is 12.0. The van der Waals surface area contributed by atoms with Crippen molar-refractivity contribution >= 4 is 17.6 Å². The van der Waals surface area contributed by atoms with Crippen LogP contribution in [0.2, 0.25) is 0 Å². The summed E-state index contributed by atoms with van der Waals surface area (Å²) in [6.45, 7) is 0. The molecule has 10 nitrogen and oxygen atoms in total. The Balaban J connectivity index is 1.91. The van der Waals surface area contributed by atoms with Crippen LogP contribution in [0.4, 0.5) is 5.69 Å². The maximum atomic E-state index is 12.0. The summed E-state index contributed by atoms with van der Waals surface area (Å²) >= 11 is 0. The van der Waals surface area contributed by atoms with Crippen molar-refractivity contribution in [3.05, 3.63) is 66.4 Å². The second kappa shape index (κ2) is 9.13. The first-order valence-corrected chi connectivity index (χ1v) is 8.38. The molecule has 10 heteroatoms. The monoisotopic (exact) mass is 395 g/mol. The fourth-order valence-corrected chi connectivity index (χ4v) is 2.31. The zero-order valence-corrected chi connectivity index (χ0v) is 15.6. The minimum absolute atomic E-state index is 0.113. The van der Waals surface area contributed by atoms with Gasteiger partial charge in [-0.15, -0.1) is 0 Å². The quantitative estimate of drug-likeness (QED) is 0.474. The molecule has 0 atom stereocenters. The number of para-hydroxylation sites is 3. The highest BCUT2D eigenvalue weighted by Crippen LogP contribution is 2.30. The number of carbonyl (C=O) groups is 2. The van der Waals surface area contributed by atoms with Crippen LogP contribution < -0.4 is 10.1 Å². The third-order valence-electron chi connectivity index (χ3n) is 3.67. The first-order valence-electron chi connectivity index (χ1n) is 8.38. The van der Waals surface area contributed by atoms with E-state index in [9.17, 15) is 9.59 Å². The zero-order valence-electron chi connectivity index (χ0n) is 15.6. The average Bonchev–Trinajstić information content (AvgIpc) is 3.22. The summed E-state index contributed by atoms with van der Waals surface area (Å²) in [6, 6.07) is 16.1. The molecule has 1 aromatic heterocycles. The molecular formula is C19H17N5O5. The number of aromatic nitrogens is 4. The van der Waals surface area contributed by atoms with Gasteiger partial charge < -0.3 is 19.5 Å². The molecule has 148 valence electrons. The fraction of sp³-hybridized carbons (Fsp3) is 0.105. The van der Waals surface area contributed by atoms with E-state index in [1.807, 2.05) is 30.3 Å². The highest BCUT2D eigenvalue weighted by Gasteiger charge is 2.17. The minimum atomic E-state index is -0.751. The van der Waals surface area contributed by atoms with Crippen LogP contribution in [0, 0.1) is 0 Å². The van der Waals surface area contributed by atoms with Crippen molar-refractivity contribution in [3.8, 4) is 17.4 Å². The van der Waals surface area contributed by atoms with Gasteiger partial charge in [0.25, 0.3) is 0 Å². The van der Waals surface area contributed by atoms with Crippen LogP contribution in [0.1, 0.15) is 0 Å². The van der Waals surface area contributed by atoms with Crippen LogP contribution in [0.25, 0.3) is 5.69 Å². The van der Waals surface area contributed by atoms with E-state index in [-0.39, 0.29) is 11.7 Å². The van der Waals surface area contributed by atoms with Gasteiger partial charge in [0.05, 0.1) is 31.7 Å². The number of esters is 2. The smallest absolute Gasteiger partial charge is 0.354 e. The van der Waals surface area contributed by atoms with Crippen LogP contribution in [0.3, 0.4) is 0 Å². The van der Waals surface area contributed by atoms with E-state index in [4.69, 9.17) is 9.47 Å². The lowest BCUT2D eigenvalue weighted by atomic mass is 10.2. The molecule has 0 fully saturated rings. The van der Waals surface area contributed by atoms with Gasteiger partial charge in [-0.1, -0.05) is 35.4 Å². The van der Waals surface area contributed by atoms with E-state index in [0.717, 1.165) is 6.08 Å². The zero-order chi connectivity index (χ0) is 20.6. The molecule has 1 N–H and O–H groups in total. The van der Waals surface area contributed by atoms with Gasteiger partial charge in [0.15, 0.2) is 5.75 Å². The third-order valence-corrected chi connectivity index (χ3v) is 3.67. The Labute approximate surface area is 165 Å². The van der Waals surface area contributed by atoms with Crippen LogP contribution in [-0.2, 0) is 19.1 Å². The summed E-state index contributed by atoms with van der Waals surface area (Å²) in [5, 5.41) is 14.3. The second-order valence-electron chi connectivity index (χ2n) is 5.50. The van der Waals surface area contributed by atoms with E-state index in [0.29, 0.717) is 17.1 Å². The van der Waals surface area contributed by atoms with Gasteiger partial charge >= 0.3 is 17.9 Å². The highest BCUT2D eigenvalue weighted by molar-refractivity contribution is 5.99. The number of hydrogen-bond acceptors (Lipinski definition) is 9. The first kappa shape index (κ1) is 19.5. The van der Waals surface area contributed by atoms with Gasteiger partial charge in [-0.2, -0.15) is 4.68 Å². The van der Waals surface area contributed by atoms with Gasteiger partial charge in [-0.25, -0.2) is 9.59 Å². The van der Waals surface area contributed by atoms with Crippen molar-refractivity contribution in [2.24, 2.45) is 0 Å². The second-order valence-corrected chi connectivity index (χ2v) is 5.50. The van der Waals surface area contributed by atoms with Crippen LogP contribution in [-0.4, -0.2) is 46.4 Å². The Morgan fingerprint density at radius 3 is 2.45 bits per heavy atom. The molecule has 2 aromatic carbocycles. The van der Waals surface area contributed by atoms with Crippen molar-refractivity contribution in [1.29, 1.82) is 0 Å². The van der Waals surface area contributed by atoms with Crippen molar-refractivity contribution in [2.75, 3.05) is 19.5 Å². The van der Waals surface area contributed by atoms with Gasteiger partial charge in [-0.05, 0) is 34.7 Å². The first-order chi connectivity index (χ1) is 14.1. The van der Waals surface area contributed by atoms with Gasteiger partial charge in [0.2, 0.25) is 0 Å².